The molecule has 1 saturated carbocycles. The van der Waals surface area contributed by atoms with Gasteiger partial charge in [0.1, 0.15) is 17.9 Å². The summed E-state index contributed by atoms with van der Waals surface area (Å²) in [6.07, 6.45) is -2.21. The van der Waals surface area contributed by atoms with Crippen LogP contribution in [0.25, 0.3) is 0 Å². The van der Waals surface area contributed by atoms with Gasteiger partial charge in [-0.1, -0.05) is 30.3 Å². The third-order valence-electron chi connectivity index (χ3n) is 5.96. The van der Waals surface area contributed by atoms with Crippen LogP contribution in [0.1, 0.15) is 24.0 Å². The number of imide groups is 1. The van der Waals surface area contributed by atoms with E-state index in [1.54, 1.807) is 18.3 Å². The second-order valence-electron chi connectivity index (χ2n) is 8.36. The van der Waals surface area contributed by atoms with Gasteiger partial charge in [0.05, 0.1) is 5.69 Å². The summed E-state index contributed by atoms with van der Waals surface area (Å²) in [4.78, 5) is 33.1. The lowest BCUT2D eigenvalue weighted by Gasteiger charge is -2.21. The zero-order valence-electron chi connectivity index (χ0n) is 18.4. The van der Waals surface area contributed by atoms with E-state index in [9.17, 15) is 22.8 Å². The van der Waals surface area contributed by atoms with Crippen LogP contribution in [-0.4, -0.2) is 33.7 Å². The van der Waals surface area contributed by atoms with E-state index in [2.05, 4.69) is 9.72 Å². The van der Waals surface area contributed by atoms with E-state index < -0.39 is 23.7 Å². The Labute approximate surface area is 198 Å². The average molecular weight is 483 g/mol. The highest BCUT2D eigenvalue weighted by Gasteiger charge is 2.65. The Morgan fingerprint density at radius 3 is 2.31 bits per heavy atom. The Balaban J connectivity index is 1.31. The summed E-state index contributed by atoms with van der Waals surface area (Å²) in [6, 6.07) is 17.2. The largest absolute Gasteiger partial charge is 0.573 e. The molecule has 3 amide bonds. The van der Waals surface area contributed by atoms with Crippen LogP contribution in [0.3, 0.4) is 0 Å². The van der Waals surface area contributed by atoms with Crippen LogP contribution >= 0.6 is 0 Å². The fraction of sp³-hybridized carbons (Fsp3) is 0.240. The molecule has 1 aromatic heterocycles. The van der Waals surface area contributed by atoms with Crippen molar-refractivity contribution in [3.05, 3.63) is 84.1 Å². The fourth-order valence-corrected chi connectivity index (χ4v) is 4.10. The first-order valence-corrected chi connectivity index (χ1v) is 10.9. The molecule has 2 aliphatic rings. The number of hydrogen-bond acceptors (Lipinski definition) is 5. The minimum absolute atomic E-state index is 0.167. The molecule has 0 atom stereocenters. The minimum atomic E-state index is -4.83. The molecule has 0 N–H and O–H groups in total. The maximum atomic E-state index is 13.3. The molecule has 1 spiro atoms. The number of urea groups is 1. The lowest BCUT2D eigenvalue weighted by molar-refractivity contribution is -0.274. The number of aromatic nitrogens is 1. The first-order chi connectivity index (χ1) is 16.7. The number of carbonyl (C=O) groups is 2. The van der Waals surface area contributed by atoms with E-state index in [-0.39, 0.29) is 18.1 Å². The predicted molar refractivity (Wildman–Crippen MR) is 119 cm³/mol. The second kappa shape index (κ2) is 8.61. The number of benzene rings is 2. The number of hydrogen-bond donors (Lipinski definition) is 0. The van der Waals surface area contributed by atoms with Gasteiger partial charge >= 0.3 is 12.4 Å². The maximum absolute atomic E-state index is 13.3. The molecular weight excluding hydrogens is 463 g/mol. The smallest absolute Gasteiger partial charge is 0.473 e. The molecule has 0 unspecified atom stereocenters. The van der Waals surface area contributed by atoms with Crippen LogP contribution in [0.2, 0.25) is 0 Å². The lowest BCUT2D eigenvalue weighted by Crippen LogP contribution is -2.36. The van der Waals surface area contributed by atoms with Crippen molar-refractivity contribution in [1.82, 2.24) is 9.88 Å². The van der Waals surface area contributed by atoms with Gasteiger partial charge in [-0.3, -0.25) is 4.79 Å². The molecule has 0 radical (unpaired) electrons. The summed E-state index contributed by atoms with van der Waals surface area (Å²) < 4.78 is 46.9. The van der Waals surface area contributed by atoms with Gasteiger partial charge in [0.2, 0.25) is 5.88 Å². The summed E-state index contributed by atoms with van der Waals surface area (Å²) in [5, 5.41) is 0. The van der Waals surface area contributed by atoms with Crippen LogP contribution in [0.5, 0.6) is 11.6 Å². The number of alkyl halides is 3. The quantitative estimate of drug-likeness (QED) is 0.440. The highest BCUT2D eigenvalue weighted by Crippen LogP contribution is 2.49. The molecule has 1 saturated heterocycles. The number of nitrogens with zero attached hydrogens (tertiary/aromatic N) is 3. The van der Waals surface area contributed by atoms with E-state index in [0.29, 0.717) is 25.3 Å². The van der Waals surface area contributed by atoms with E-state index in [1.165, 1.54) is 17.0 Å². The van der Waals surface area contributed by atoms with Crippen molar-refractivity contribution in [3.63, 3.8) is 0 Å². The van der Waals surface area contributed by atoms with Gasteiger partial charge in [-0.05, 0) is 54.3 Å². The molecule has 1 aliphatic carbocycles. The summed E-state index contributed by atoms with van der Waals surface area (Å²) >= 11 is 0. The number of pyridine rings is 1. The number of anilines is 1. The van der Waals surface area contributed by atoms with Gasteiger partial charge in [0.15, 0.2) is 0 Å². The normalized spacial score (nSPS) is 16.7. The van der Waals surface area contributed by atoms with Gasteiger partial charge in [0, 0.05) is 18.8 Å². The van der Waals surface area contributed by atoms with E-state index in [4.69, 9.17) is 4.74 Å². The number of rotatable bonds is 7. The zero-order chi connectivity index (χ0) is 24.6. The molecule has 1 aliphatic heterocycles. The molecular formula is C25H20F3N3O4. The van der Waals surface area contributed by atoms with Gasteiger partial charge in [0.25, 0.3) is 5.91 Å². The van der Waals surface area contributed by atoms with Gasteiger partial charge < -0.3 is 14.4 Å². The van der Waals surface area contributed by atoms with E-state index in [1.807, 2.05) is 30.3 Å². The Morgan fingerprint density at radius 2 is 1.66 bits per heavy atom. The Bertz CT molecular complexity index is 1240. The first-order valence-electron chi connectivity index (χ1n) is 10.9. The molecule has 2 aromatic carbocycles. The maximum Gasteiger partial charge on any atom is 0.573 e. The molecule has 7 nitrogen and oxygen atoms in total. The monoisotopic (exact) mass is 483 g/mol. The SMILES string of the molecule is O=C1N(c2ccc(OC(F)(F)F)cc2)C(=O)C2(CC2)N1Cc1ccnc(OCc2ccccc2)c1. The van der Waals surface area contributed by atoms with Gasteiger partial charge in [-0.2, -0.15) is 0 Å². The molecule has 3 aromatic rings. The third-order valence-corrected chi connectivity index (χ3v) is 5.96. The number of amides is 3. The summed E-state index contributed by atoms with van der Waals surface area (Å²) in [7, 11) is 0. The Kier molecular flexibility index (Phi) is 5.58. The Hall–Kier alpha value is -4.08. The van der Waals surface area contributed by atoms with Crippen LogP contribution in [0.15, 0.2) is 72.9 Å². The molecule has 0 bridgehead atoms. The lowest BCUT2D eigenvalue weighted by atomic mass is 10.2. The zero-order valence-corrected chi connectivity index (χ0v) is 18.4. The molecule has 2 fully saturated rings. The summed E-state index contributed by atoms with van der Waals surface area (Å²) in [5.74, 6) is -0.425. The van der Waals surface area contributed by atoms with Crippen LogP contribution < -0.4 is 14.4 Å². The topological polar surface area (TPSA) is 72.0 Å². The van der Waals surface area contributed by atoms with Crippen LogP contribution in [0.4, 0.5) is 23.7 Å². The van der Waals surface area contributed by atoms with Crippen LogP contribution in [-0.2, 0) is 17.9 Å². The van der Waals surface area contributed by atoms with Crippen molar-refractivity contribution in [2.24, 2.45) is 0 Å². The van der Waals surface area contributed by atoms with E-state index >= 15 is 0 Å². The second-order valence-corrected chi connectivity index (χ2v) is 8.36. The van der Waals surface area contributed by atoms with Crippen molar-refractivity contribution in [3.8, 4) is 11.6 Å². The number of ether oxygens (including phenoxy) is 2. The Morgan fingerprint density at radius 1 is 0.943 bits per heavy atom. The molecule has 180 valence electrons. The molecule has 10 heteroatoms. The molecule has 5 rings (SSSR count). The first kappa shape index (κ1) is 22.7. The third kappa shape index (κ3) is 4.64. The van der Waals surface area contributed by atoms with Crippen molar-refractivity contribution in [1.29, 1.82) is 0 Å². The van der Waals surface area contributed by atoms with Crippen molar-refractivity contribution in [2.75, 3.05) is 4.90 Å². The molecule has 35 heavy (non-hydrogen) atoms. The highest BCUT2D eigenvalue weighted by atomic mass is 19.4. The number of carbonyl (C=O) groups excluding carboxylic acids is 2. The highest BCUT2D eigenvalue weighted by molar-refractivity contribution is 6.24. The standard InChI is InChI=1S/C25H20F3N3O4/c26-25(27,28)35-20-8-6-19(7-9-20)31-22(32)24(11-12-24)30(23(31)33)15-18-10-13-29-21(14-18)34-16-17-4-2-1-3-5-17/h1-10,13-14H,11-12,15-16H2. The fourth-order valence-electron chi connectivity index (χ4n) is 4.10. The van der Waals surface area contributed by atoms with Crippen LogP contribution in [0, 0.1) is 0 Å². The van der Waals surface area contributed by atoms with Crippen molar-refractivity contribution in [2.45, 2.75) is 37.9 Å². The molecule has 2 heterocycles. The number of halogens is 3. The van der Waals surface area contributed by atoms with Gasteiger partial charge in [-0.15, -0.1) is 13.2 Å². The summed E-state index contributed by atoms with van der Waals surface area (Å²) in [6.45, 7) is 0.505. The van der Waals surface area contributed by atoms with Crippen molar-refractivity contribution >= 4 is 17.6 Å². The van der Waals surface area contributed by atoms with Crippen molar-refractivity contribution < 1.29 is 32.2 Å². The average Bonchev–Trinajstić information content (AvgIpc) is 3.61. The van der Waals surface area contributed by atoms with E-state index in [0.717, 1.165) is 28.2 Å². The minimum Gasteiger partial charge on any atom is -0.473 e. The summed E-state index contributed by atoms with van der Waals surface area (Å²) in [5.41, 5.74) is 0.974. The predicted octanol–water partition coefficient (Wildman–Crippen LogP) is 5.06. The van der Waals surface area contributed by atoms with Gasteiger partial charge in [-0.25, -0.2) is 14.7 Å².